The van der Waals surface area contributed by atoms with E-state index in [-0.39, 0.29) is 5.91 Å². The van der Waals surface area contributed by atoms with Gasteiger partial charge in [0.15, 0.2) is 0 Å². The quantitative estimate of drug-likeness (QED) is 0.493. The van der Waals surface area contributed by atoms with Gasteiger partial charge in [-0.25, -0.2) is 0 Å². The monoisotopic (exact) mass is 174 g/mol. The van der Waals surface area contributed by atoms with E-state index in [1.165, 1.54) is 23.6 Å². The lowest BCUT2D eigenvalue weighted by molar-refractivity contribution is -0.310. The second-order valence-electron chi connectivity index (χ2n) is 2.32. The number of carboxylic acid groups (broad SMARTS) is 1. The van der Waals surface area contributed by atoms with E-state index in [9.17, 15) is 14.7 Å². The molecular formula is C6H8NO3S-. The van der Waals surface area contributed by atoms with Crippen molar-refractivity contribution in [2.45, 2.75) is 13.0 Å². The van der Waals surface area contributed by atoms with Gasteiger partial charge < -0.3 is 14.8 Å². The van der Waals surface area contributed by atoms with Crippen LogP contribution in [0.1, 0.15) is 6.92 Å². The first kappa shape index (κ1) is 8.39. The van der Waals surface area contributed by atoms with E-state index in [4.69, 9.17) is 0 Å². The van der Waals surface area contributed by atoms with Crippen LogP contribution in [-0.2, 0) is 9.59 Å². The van der Waals surface area contributed by atoms with Crippen molar-refractivity contribution < 1.29 is 14.7 Å². The summed E-state index contributed by atoms with van der Waals surface area (Å²) in [5, 5.41) is 10.4. The summed E-state index contributed by atoms with van der Waals surface area (Å²) >= 11 is 1.43. The molecule has 0 radical (unpaired) electrons. The van der Waals surface area contributed by atoms with Crippen LogP contribution in [0.3, 0.4) is 0 Å². The molecule has 0 spiro atoms. The third-order valence-electron chi connectivity index (χ3n) is 1.56. The fraction of sp³-hybridized carbons (Fsp3) is 0.667. The van der Waals surface area contributed by atoms with Gasteiger partial charge in [0.25, 0.3) is 0 Å². The lowest BCUT2D eigenvalue weighted by atomic mass is 10.3. The van der Waals surface area contributed by atoms with E-state index < -0.39 is 12.0 Å². The van der Waals surface area contributed by atoms with Gasteiger partial charge in [-0.1, -0.05) is 0 Å². The molecule has 4 nitrogen and oxygen atoms in total. The molecule has 1 aliphatic heterocycles. The first-order chi connectivity index (χ1) is 5.13. The highest BCUT2D eigenvalue weighted by Crippen LogP contribution is 2.19. The topological polar surface area (TPSA) is 60.4 Å². The Hall–Kier alpha value is -0.710. The van der Waals surface area contributed by atoms with Crippen molar-refractivity contribution in [3.05, 3.63) is 0 Å². The Balaban J connectivity index is 2.65. The van der Waals surface area contributed by atoms with Crippen molar-refractivity contribution in [2.24, 2.45) is 0 Å². The lowest BCUT2D eigenvalue weighted by Crippen LogP contribution is -2.47. The van der Waals surface area contributed by atoms with Gasteiger partial charge in [0.2, 0.25) is 5.91 Å². The Morgan fingerprint density at radius 3 is 2.64 bits per heavy atom. The van der Waals surface area contributed by atoms with Crippen LogP contribution >= 0.6 is 11.8 Å². The number of thioether (sulfide) groups is 1. The molecule has 0 aromatic heterocycles. The van der Waals surface area contributed by atoms with Crippen molar-refractivity contribution in [2.75, 3.05) is 11.6 Å². The maximum Gasteiger partial charge on any atom is 0.220 e. The number of aliphatic carboxylic acids is 1. The SMILES string of the molecule is CC(=O)N1CSCC1C(=O)[O-]. The highest BCUT2D eigenvalue weighted by molar-refractivity contribution is 7.99. The van der Waals surface area contributed by atoms with Crippen molar-refractivity contribution in [1.82, 2.24) is 4.90 Å². The minimum absolute atomic E-state index is 0.204. The smallest absolute Gasteiger partial charge is 0.220 e. The van der Waals surface area contributed by atoms with Crippen LogP contribution in [0.5, 0.6) is 0 Å². The summed E-state index contributed by atoms with van der Waals surface area (Å²) in [5.41, 5.74) is 0. The molecule has 1 heterocycles. The minimum atomic E-state index is -1.16. The van der Waals surface area contributed by atoms with Crippen molar-refractivity contribution >= 4 is 23.6 Å². The summed E-state index contributed by atoms with van der Waals surface area (Å²) in [5.74, 6) is -0.454. The molecule has 0 aromatic rings. The van der Waals surface area contributed by atoms with E-state index in [2.05, 4.69) is 0 Å². The zero-order valence-electron chi connectivity index (χ0n) is 6.07. The predicted molar refractivity (Wildman–Crippen MR) is 38.6 cm³/mol. The Morgan fingerprint density at radius 1 is 1.64 bits per heavy atom. The Bertz CT molecular complexity index is 174. The van der Waals surface area contributed by atoms with Crippen molar-refractivity contribution in [1.29, 1.82) is 0 Å². The summed E-state index contributed by atoms with van der Waals surface area (Å²) in [6, 6.07) is -0.725. The summed E-state index contributed by atoms with van der Waals surface area (Å²) in [7, 11) is 0. The maximum atomic E-state index is 10.8. The highest BCUT2D eigenvalue weighted by Gasteiger charge is 2.27. The zero-order chi connectivity index (χ0) is 8.43. The van der Waals surface area contributed by atoms with E-state index in [0.29, 0.717) is 11.6 Å². The fourth-order valence-electron chi connectivity index (χ4n) is 0.948. The Labute approximate surface area is 68.6 Å². The molecule has 1 saturated heterocycles. The summed E-state index contributed by atoms with van der Waals surface area (Å²) in [4.78, 5) is 22.5. The number of rotatable bonds is 1. The molecule has 0 aliphatic carbocycles. The van der Waals surface area contributed by atoms with Crippen LogP contribution in [0, 0.1) is 0 Å². The van der Waals surface area contributed by atoms with Gasteiger partial charge in [0.1, 0.15) is 0 Å². The van der Waals surface area contributed by atoms with Gasteiger partial charge in [-0.2, -0.15) is 0 Å². The molecule has 5 heteroatoms. The van der Waals surface area contributed by atoms with Gasteiger partial charge in [-0.3, -0.25) is 4.79 Å². The fourth-order valence-corrected chi connectivity index (χ4v) is 2.15. The number of hydrogen-bond acceptors (Lipinski definition) is 4. The van der Waals surface area contributed by atoms with Gasteiger partial charge in [-0.05, 0) is 0 Å². The van der Waals surface area contributed by atoms with E-state index >= 15 is 0 Å². The first-order valence-electron chi connectivity index (χ1n) is 3.18. The van der Waals surface area contributed by atoms with Crippen molar-refractivity contribution in [3.8, 4) is 0 Å². The molecule has 1 fully saturated rings. The summed E-state index contributed by atoms with van der Waals surface area (Å²) in [6.07, 6.45) is 0. The molecule has 1 unspecified atom stereocenters. The van der Waals surface area contributed by atoms with Gasteiger partial charge in [-0.15, -0.1) is 11.8 Å². The third-order valence-corrected chi connectivity index (χ3v) is 2.57. The van der Waals surface area contributed by atoms with Crippen LogP contribution in [-0.4, -0.2) is 34.4 Å². The summed E-state index contributed by atoms with van der Waals surface area (Å²) in [6.45, 7) is 1.36. The van der Waals surface area contributed by atoms with Crippen LogP contribution in [0.2, 0.25) is 0 Å². The molecular weight excluding hydrogens is 166 g/mol. The molecule has 1 atom stereocenters. The standard InChI is InChI=1S/C6H9NO3S/c1-4(8)7-3-11-2-5(7)6(9)10/h5H,2-3H2,1H3,(H,9,10)/p-1. The van der Waals surface area contributed by atoms with Crippen molar-refractivity contribution in [3.63, 3.8) is 0 Å². The lowest BCUT2D eigenvalue weighted by Gasteiger charge is -2.22. The number of carbonyl (C=O) groups is 2. The predicted octanol–water partition coefficient (Wildman–Crippen LogP) is -1.34. The molecule has 11 heavy (non-hydrogen) atoms. The number of hydrogen-bond donors (Lipinski definition) is 0. The molecule has 62 valence electrons. The normalized spacial score (nSPS) is 23.7. The molecule has 1 amide bonds. The molecule has 0 saturated carbocycles. The Kier molecular flexibility index (Phi) is 2.38. The average molecular weight is 174 g/mol. The largest absolute Gasteiger partial charge is 0.548 e. The molecule has 0 aromatic carbocycles. The maximum absolute atomic E-state index is 10.8. The highest BCUT2D eigenvalue weighted by atomic mass is 32.2. The number of carboxylic acids is 1. The second kappa shape index (κ2) is 3.13. The van der Waals surface area contributed by atoms with Gasteiger partial charge in [0.05, 0.1) is 17.9 Å². The number of nitrogens with zero attached hydrogens (tertiary/aromatic N) is 1. The molecule has 1 aliphatic rings. The average Bonchev–Trinajstić information content (AvgIpc) is 2.32. The van der Waals surface area contributed by atoms with Crippen LogP contribution in [0.15, 0.2) is 0 Å². The first-order valence-corrected chi connectivity index (χ1v) is 4.34. The number of carbonyl (C=O) groups excluding carboxylic acids is 2. The zero-order valence-corrected chi connectivity index (χ0v) is 6.89. The van der Waals surface area contributed by atoms with Gasteiger partial charge >= 0.3 is 0 Å². The van der Waals surface area contributed by atoms with E-state index in [0.717, 1.165) is 0 Å². The number of amides is 1. The molecule has 0 N–H and O–H groups in total. The van der Waals surface area contributed by atoms with E-state index in [1.54, 1.807) is 0 Å². The second-order valence-corrected chi connectivity index (χ2v) is 3.32. The molecule has 0 bridgehead atoms. The van der Waals surface area contributed by atoms with Crippen LogP contribution in [0.4, 0.5) is 0 Å². The summed E-state index contributed by atoms with van der Waals surface area (Å²) < 4.78 is 0. The van der Waals surface area contributed by atoms with Gasteiger partial charge in [0, 0.05) is 12.7 Å². The van der Waals surface area contributed by atoms with Crippen LogP contribution in [0.25, 0.3) is 0 Å². The van der Waals surface area contributed by atoms with Crippen LogP contribution < -0.4 is 5.11 Å². The third kappa shape index (κ3) is 1.65. The molecule has 1 rings (SSSR count). The minimum Gasteiger partial charge on any atom is -0.548 e. The van der Waals surface area contributed by atoms with E-state index in [1.807, 2.05) is 0 Å². The Morgan fingerprint density at radius 2 is 2.27 bits per heavy atom.